The van der Waals surface area contributed by atoms with Gasteiger partial charge in [-0.3, -0.25) is 9.59 Å². The Bertz CT molecular complexity index is 668. The van der Waals surface area contributed by atoms with Crippen LogP contribution in [0.2, 0.25) is 0 Å². The summed E-state index contributed by atoms with van der Waals surface area (Å²) in [5, 5.41) is 0. The Morgan fingerprint density at radius 2 is 1.64 bits per heavy atom. The summed E-state index contributed by atoms with van der Waals surface area (Å²) in [7, 11) is 0. The third kappa shape index (κ3) is 3.38. The molecule has 3 nitrogen and oxygen atoms in total. The Morgan fingerprint density at radius 1 is 1.04 bits per heavy atom. The van der Waals surface area contributed by atoms with E-state index < -0.39 is 0 Å². The number of hydrogen-bond donors (Lipinski definition) is 0. The minimum Gasteiger partial charge on any atom is -0.457 e. The minimum atomic E-state index is -0.180. The summed E-state index contributed by atoms with van der Waals surface area (Å²) in [5.41, 5.74) is 2.83. The van der Waals surface area contributed by atoms with Gasteiger partial charge in [0.05, 0.1) is 6.42 Å². The molecule has 0 N–H and O–H groups in total. The van der Waals surface area contributed by atoms with E-state index in [9.17, 15) is 9.59 Å². The highest BCUT2D eigenvalue weighted by Gasteiger charge is 2.51. The smallest absolute Gasteiger partial charge is 0.306 e. The highest BCUT2D eigenvalue weighted by atomic mass is 16.5. The number of hydrogen-bond acceptors (Lipinski definition) is 3. The molecule has 1 aromatic carbocycles. The fraction of sp³-hybridized carbons (Fsp3) is 0.636. The van der Waals surface area contributed by atoms with E-state index in [-0.39, 0.29) is 23.8 Å². The summed E-state index contributed by atoms with van der Waals surface area (Å²) in [6.45, 7) is 3.76. The van der Waals surface area contributed by atoms with Gasteiger partial charge in [-0.1, -0.05) is 17.7 Å². The van der Waals surface area contributed by atoms with E-state index in [1.807, 2.05) is 32.0 Å². The third-order valence-electron chi connectivity index (χ3n) is 6.74. The van der Waals surface area contributed by atoms with Gasteiger partial charge < -0.3 is 4.74 Å². The summed E-state index contributed by atoms with van der Waals surface area (Å²) >= 11 is 0. The zero-order valence-electron chi connectivity index (χ0n) is 15.3. The number of Topliss-reactive ketones (excluding diaryl/α,β-unsaturated/α-hetero) is 1. The summed E-state index contributed by atoms with van der Waals surface area (Å²) in [5.74, 6) is 2.21. The molecular formula is C22H28O3. The number of ketones is 1. The molecule has 0 aliphatic heterocycles. The standard InChI is InChI=1S/C22H28O3/c1-14-3-4-15(2)19(5-14)20(23)13-25-21(24)12-22-9-16-6-17(10-22)8-18(7-16)11-22/h3-5,16-18H,6-13H2,1-2H3. The van der Waals surface area contributed by atoms with Crippen molar-refractivity contribution in [1.29, 1.82) is 0 Å². The second-order valence-electron chi connectivity index (χ2n) is 9.00. The van der Waals surface area contributed by atoms with Crippen molar-refractivity contribution in [3.8, 4) is 0 Å². The topological polar surface area (TPSA) is 43.4 Å². The van der Waals surface area contributed by atoms with Gasteiger partial charge in [0, 0.05) is 5.56 Å². The molecular weight excluding hydrogens is 312 g/mol. The molecule has 3 heteroatoms. The van der Waals surface area contributed by atoms with Crippen molar-refractivity contribution >= 4 is 11.8 Å². The molecule has 25 heavy (non-hydrogen) atoms. The van der Waals surface area contributed by atoms with E-state index >= 15 is 0 Å². The predicted molar refractivity (Wildman–Crippen MR) is 96.4 cm³/mol. The first kappa shape index (κ1) is 16.8. The summed E-state index contributed by atoms with van der Waals surface area (Å²) < 4.78 is 5.40. The van der Waals surface area contributed by atoms with Gasteiger partial charge >= 0.3 is 5.97 Å². The van der Waals surface area contributed by atoms with Crippen LogP contribution in [0.5, 0.6) is 0 Å². The molecule has 4 saturated carbocycles. The summed E-state index contributed by atoms with van der Waals surface area (Å²) in [4.78, 5) is 24.8. The molecule has 0 radical (unpaired) electrons. The van der Waals surface area contributed by atoms with Gasteiger partial charge in [0.1, 0.15) is 0 Å². The minimum absolute atomic E-state index is 0.0972. The molecule has 5 rings (SSSR count). The van der Waals surface area contributed by atoms with Crippen molar-refractivity contribution in [3.05, 3.63) is 34.9 Å². The lowest BCUT2D eigenvalue weighted by Crippen LogP contribution is -2.47. The van der Waals surface area contributed by atoms with E-state index in [0.717, 1.165) is 28.9 Å². The van der Waals surface area contributed by atoms with Gasteiger partial charge in [0.2, 0.25) is 5.78 Å². The maximum absolute atomic E-state index is 12.4. The maximum atomic E-state index is 12.4. The van der Waals surface area contributed by atoms with Crippen LogP contribution < -0.4 is 0 Å². The number of carbonyl (C=O) groups excluding carboxylic acids is 2. The van der Waals surface area contributed by atoms with Gasteiger partial charge in [-0.05, 0) is 87.2 Å². The van der Waals surface area contributed by atoms with Crippen molar-refractivity contribution in [3.63, 3.8) is 0 Å². The van der Waals surface area contributed by atoms with E-state index in [0.29, 0.717) is 12.0 Å². The van der Waals surface area contributed by atoms with Crippen LogP contribution in [0.15, 0.2) is 18.2 Å². The van der Waals surface area contributed by atoms with Crippen LogP contribution in [0.3, 0.4) is 0 Å². The van der Waals surface area contributed by atoms with Crippen molar-refractivity contribution < 1.29 is 14.3 Å². The zero-order valence-corrected chi connectivity index (χ0v) is 15.3. The molecule has 0 atom stereocenters. The number of aryl methyl sites for hydroxylation is 2. The highest BCUT2D eigenvalue weighted by molar-refractivity contribution is 5.99. The number of carbonyl (C=O) groups is 2. The number of benzene rings is 1. The van der Waals surface area contributed by atoms with E-state index in [1.165, 1.54) is 38.5 Å². The van der Waals surface area contributed by atoms with Crippen LogP contribution >= 0.6 is 0 Å². The van der Waals surface area contributed by atoms with Crippen LogP contribution in [0, 0.1) is 37.0 Å². The Balaban J connectivity index is 1.35. The highest BCUT2D eigenvalue weighted by Crippen LogP contribution is 2.61. The fourth-order valence-electron chi connectivity index (χ4n) is 6.12. The number of rotatable bonds is 5. The largest absolute Gasteiger partial charge is 0.457 e. The van der Waals surface area contributed by atoms with Crippen LogP contribution in [-0.2, 0) is 9.53 Å². The molecule has 0 aromatic heterocycles. The lowest BCUT2D eigenvalue weighted by molar-refractivity contribution is -0.150. The molecule has 0 spiro atoms. The second kappa shape index (κ2) is 6.26. The van der Waals surface area contributed by atoms with Crippen molar-refractivity contribution in [1.82, 2.24) is 0 Å². The Labute approximate surface area is 150 Å². The van der Waals surface area contributed by atoms with Crippen molar-refractivity contribution in [2.45, 2.75) is 58.8 Å². The summed E-state index contributed by atoms with van der Waals surface area (Å²) in [6, 6.07) is 5.82. The molecule has 0 amide bonds. The molecule has 134 valence electrons. The van der Waals surface area contributed by atoms with E-state index in [1.54, 1.807) is 0 Å². The first-order valence-corrected chi connectivity index (χ1v) is 9.68. The third-order valence-corrected chi connectivity index (χ3v) is 6.74. The molecule has 0 heterocycles. The zero-order chi connectivity index (χ0) is 17.6. The lowest BCUT2D eigenvalue weighted by atomic mass is 9.49. The first-order chi connectivity index (χ1) is 11.9. The average molecular weight is 340 g/mol. The van der Waals surface area contributed by atoms with Crippen LogP contribution in [0.1, 0.15) is 66.4 Å². The molecule has 4 aliphatic carbocycles. The van der Waals surface area contributed by atoms with Gasteiger partial charge in [-0.25, -0.2) is 0 Å². The summed E-state index contributed by atoms with van der Waals surface area (Å²) in [6.07, 6.45) is 8.21. The predicted octanol–water partition coefficient (Wildman–Crippen LogP) is 4.64. The molecule has 4 aliphatic rings. The average Bonchev–Trinajstić information content (AvgIpc) is 2.53. The first-order valence-electron chi connectivity index (χ1n) is 9.68. The molecule has 4 fully saturated rings. The number of ether oxygens (including phenoxy) is 1. The molecule has 0 unspecified atom stereocenters. The Hall–Kier alpha value is -1.64. The Morgan fingerprint density at radius 3 is 2.24 bits per heavy atom. The number of esters is 1. The Kier molecular flexibility index (Phi) is 4.21. The van der Waals surface area contributed by atoms with E-state index in [2.05, 4.69) is 0 Å². The molecule has 1 aromatic rings. The monoisotopic (exact) mass is 340 g/mol. The van der Waals surface area contributed by atoms with Gasteiger partial charge in [-0.15, -0.1) is 0 Å². The quantitative estimate of drug-likeness (QED) is 0.579. The second-order valence-corrected chi connectivity index (χ2v) is 9.00. The SMILES string of the molecule is Cc1ccc(C)c(C(=O)COC(=O)CC23CC4CC(CC(C4)C2)C3)c1. The normalized spacial score (nSPS) is 32.6. The van der Waals surface area contributed by atoms with Crippen molar-refractivity contribution in [2.75, 3.05) is 6.61 Å². The van der Waals surface area contributed by atoms with E-state index in [4.69, 9.17) is 4.74 Å². The van der Waals surface area contributed by atoms with Gasteiger partial charge in [0.15, 0.2) is 6.61 Å². The fourth-order valence-corrected chi connectivity index (χ4v) is 6.12. The maximum Gasteiger partial charge on any atom is 0.306 e. The van der Waals surface area contributed by atoms with Gasteiger partial charge in [-0.2, -0.15) is 0 Å². The van der Waals surface area contributed by atoms with Crippen LogP contribution in [0.25, 0.3) is 0 Å². The van der Waals surface area contributed by atoms with Crippen LogP contribution in [-0.4, -0.2) is 18.4 Å². The molecule has 0 saturated heterocycles. The lowest BCUT2D eigenvalue weighted by Gasteiger charge is -2.56. The van der Waals surface area contributed by atoms with Gasteiger partial charge in [0.25, 0.3) is 0 Å². The van der Waals surface area contributed by atoms with Crippen molar-refractivity contribution in [2.24, 2.45) is 23.2 Å². The van der Waals surface area contributed by atoms with Crippen LogP contribution in [0.4, 0.5) is 0 Å². The molecule has 4 bridgehead atoms.